The minimum absolute atomic E-state index is 0.367. The van der Waals surface area contributed by atoms with Crippen molar-refractivity contribution in [2.75, 3.05) is 0 Å². The average Bonchev–Trinajstić information content (AvgIpc) is 2.03. The highest BCUT2D eigenvalue weighted by Crippen LogP contribution is 2.14. The van der Waals surface area contributed by atoms with Crippen LogP contribution in [-0.2, 0) is 5.11 Å². The van der Waals surface area contributed by atoms with Gasteiger partial charge in [-0.3, -0.25) is 0 Å². The minimum Gasteiger partial charge on any atom is -0.233 e. The SMILES string of the molecule is CCCCCCCC(C)C(C)[O]. The van der Waals surface area contributed by atoms with Crippen molar-refractivity contribution < 1.29 is 5.11 Å². The van der Waals surface area contributed by atoms with Gasteiger partial charge < -0.3 is 0 Å². The third-order valence-electron chi connectivity index (χ3n) is 2.56. The van der Waals surface area contributed by atoms with E-state index in [4.69, 9.17) is 0 Å². The Morgan fingerprint density at radius 2 is 1.58 bits per heavy atom. The molecule has 0 aromatic rings. The summed E-state index contributed by atoms with van der Waals surface area (Å²) in [6, 6.07) is 0. The molecule has 0 N–H and O–H groups in total. The van der Waals surface area contributed by atoms with Gasteiger partial charge in [0.1, 0.15) is 0 Å². The fraction of sp³-hybridized carbons (Fsp3) is 1.00. The molecule has 0 rings (SSSR count). The van der Waals surface area contributed by atoms with Crippen molar-refractivity contribution in [2.24, 2.45) is 5.92 Å². The molecule has 0 saturated heterocycles. The summed E-state index contributed by atoms with van der Waals surface area (Å²) in [6.07, 6.45) is 7.29. The molecule has 12 heavy (non-hydrogen) atoms. The molecule has 0 amide bonds. The van der Waals surface area contributed by atoms with Gasteiger partial charge in [0.25, 0.3) is 0 Å². The van der Waals surface area contributed by atoms with Gasteiger partial charge in [-0.25, -0.2) is 5.11 Å². The van der Waals surface area contributed by atoms with Gasteiger partial charge in [0.05, 0.1) is 6.10 Å². The van der Waals surface area contributed by atoms with Crippen molar-refractivity contribution in [1.82, 2.24) is 0 Å². The molecule has 1 heteroatoms. The predicted molar refractivity (Wildman–Crippen MR) is 52.7 cm³/mol. The molecule has 0 heterocycles. The molecular weight excluding hydrogens is 148 g/mol. The van der Waals surface area contributed by atoms with Gasteiger partial charge >= 0.3 is 0 Å². The van der Waals surface area contributed by atoms with E-state index in [1.54, 1.807) is 6.92 Å². The normalized spacial score (nSPS) is 16.0. The van der Waals surface area contributed by atoms with E-state index in [1.165, 1.54) is 32.1 Å². The highest BCUT2D eigenvalue weighted by molar-refractivity contribution is 4.58. The summed E-state index contributed by atoms with van der Waals surface area (Å²) in [5.74, 6) is 0.367. The third kappa shape index (κ3) is 6.66. The van der Waals surface area contributed by atoms with Gasteiger partial charge in [-0.05, 0) is 19.3 Å². The smallest absolute Gasteiger partial charge is 0.0927 e. The molecule has 0 aliphatic rings. The summed E-state index contributed by atoms with van der Waals surface area (Å²) >= 11 is 0. The molecule has 0 aromatic heterocycles. The highest BCUT2D eigenvalue weighted by Gasteiger charge is 2.08. The van der Waals surface area contributed by atoms with Crippen LogP contribution in [0.2, 0.25) is 0 Å². The maximum Gasteiger partial charge on any atom is 0.0927 e. The summed E-state index contributed by atoms with van der Waals surface area (Å²) in [5.41, 5.74) is 0. The lowest BCUT2D eigenvalue weighted by Gasteiger charge is -2.11. The Morgan fingerprint density at radius 3 is 2.08 bits per heavy atom. The first-order chi connectivity index (χ1) is 5.68. The Bertz CT molecular complexity index is 89.0. The van der Waals surface area contributed by atoms with Crippen molar-refractivity contribution in [2.45, 2.75) is 65.4 Å². The van der Waals surface area contributed by atoms with Crippen LogP contribution in [0.15, 0.2) is 0 Å². The first-order valence-electron chi connectivity index (χ1n) is 5.34. The minimum atomic E-state index is -0.379. The van der Waals surface area contributed by atoms with Crippen molar-refractivity contribution in [3.8, 4) is 0 Å². The van der Waals surface area contributed by atoms with Crippen LogP contribution in [0.1, 0.15) is 59.3 Å². The quantitative estimate of drug-likeness (QED) is 0.519. The monoisotopic (exact) mass is 171 g/mol. The molecule has 2 atom stereocenters. The lowest BCUT2D eigenvalue weighted by Crippen LogP contribution is -2.10. The summed E-state index contributed by atoms with van der Waals surface area (Å²) in [5, 5.41) is 10.9. The predicted octanol–water partition coefficient (Wildman–Crippen LogP) is 3.80. The first-order valence-corrected chi connectivity index (χ1v) is 5.34. The Morgan fingerprint density at radius 1 is 1.00 bits per heavy atom. The summed E-state index contributed by atoms with van der Waals surface area (Å²) in [7, 11) is 0. The maximum absolute atomic E-state index is 10.9. The second-order valence-corrected chi connectivity index (χ2v) is 3.89. The Labute approximate surface area is 77.2 Å². The molecule has 0 aliphatic heterocycles. The number of unbranched alkanes of at least 4 members (excludes halogenated alkanes) is 4. The third-order valence-corrected chi connectivity index (χ3v) is 2.56. The largest absolute Gasteiger partial charge is 0.233 e. The van der Waals surface area contributed by atoms with E-state index in [9.17, 15) is 5.11 Å². The van der Waals surface area contributed by atoms with Crippen LogP contribution in [0, 0.1) is 5.92 Å². The van der Waals surface area contributed by atoms with Gasteiger partial charge in [-0.15, -0.1) is 0 Å². The summed E-state index contributed by atoms with van der Waals surface area (Å²) in [4.78, 5) is 0. The van der Waals surface area contributed by atoms with Crippen LogP contribution >= 0.6 is 0 Å². The van der Waals surface area contributed by atoms with Crippen LogP contribution in [0.3, 0.4) is 0 Å². The number of hydrogen-bond donors (Lipinski definition) is 0. The molecule has 0 spiro atoms. The molecule has 0 saturated carbocycles. The molecule has 1 nitrogen and oxygen atoms in total. The van der Waals surface area contributed by atoms with Gasteiger partial charge in [0.2, 0.25) is 0 Å². The van der Waals surface area contributed by atoms with E-state index in [1.807, 2.05) is 0 Å². The number of rotatable bonds is 7. The fourth-order valence-electron chi connectivity index (χ4n) is 1.30. The molecule has 0 aliphatic carbocycles. The molecule has 73 valence electrons. The Balaban J connectivity index is 3.08. The average molecular weight is 171 g/mol. The van der Waals surface area contributed by atoms with Crippen LogP contribution < -0.4 is 0 Å². The molecule has 0 aromatic carbocycles. The van der Waals surface area contributed by atoms with Crippen LogP contribution in [-0.4, -0.2) is 6.10 Å². The zero-order valence-corrected chi connectivity index (χ0v) is 8.81. The van der Waals surface area contributed by atoms with E-state index >= 15 is 0 Å². The van der Waals surface area contributed by atoms with Gasteiger partial charge in [0, 0.05) is 0 Å². The van der Waals surface area contributed by atoms with Crippen LogP contribution in [0.25, 0.3) is 0 Å². The maximum atomic E-state index is 10.9. The highest BCUT2D eigenvalue weighted by atomic mass is 16.3. The molecule has 2 unspecified atom stereocenters. The molecular formula is C11H23O. The summed E-state index contributed by atoms with van der Waals surface area (Å²) < 4.78 is 0. The Hall–Kier alpha value is -0.0400. The lowest BCUT2D eigenvalue weighted by atomic mass is 9.98. The van der Waals surface area contributed by atoms with Crippen molar-refractivity contribution in [1.29, 1.82) is 0 Å². The topological polar surface area (TPSA) is 19.9 Å². The molecule has 0 fully saturated rings. The second kappa shape index (κ2) is 7.60. The lowest BCUT2D eigenvalue weighted by molar-refractivity contribution is 0.0546. The van der Waals surface area contributed by atoms with Gasteiger partial charge in [-0.1, -0.05) is 46.0 Å². The van der Waals surface area contributed by atoms with Gasteiger partial charge in [-0.2, -0.15) is 0 Å². The zero-order valence-electron chi connectivity index (χ0n) is 8.81. The van der Waals surface area contributed by atoms with Crippen molar-refractivity contribution >= 4 is 0 Å². The summed E-state index contributed by atoms with van der Waals surface area (Å²) in [6.45, 7) is 6.07. The van der Waals surface area contributed by atoms with E-state index in [-0.39, 0.29) is 6.10 Å². The zero-order chi connectivity index (χ0) is 9.40. The van der Waals surface area contributed by atoms with E-state index in [0.29, 0.717) is 5.92 Å². The Kier molecular flexibility index (Phi) is 7.58. The van der Waals surface area contributed by atoms with Crippen LogP contribution in [0.5, 0.6) is 0 Å². The van der Waals surface area contributed by atoms with Gasteiger partial charge in [0.15, 0.2) is 0 Å². The van der Waals surface area contributed by atoms with E-state index in [2.05, 4.69) is 13.8 Å². The first kappa shape index (κ1) is 12.0. The van der Waals surface area contributed by atoms with Crippen molar-refractivity contribution in [3.63, 3.8) is 0 Å². The van der Waals surface area contributed by atoms with Crippen LogP contribution in [0.4, 0.5) is 0 Å². The standard InChI is InChI=1S/C11H23O/c1-4-5-6-7-8-9-10(2)11(3)12/h10-11H,4-9H2,1-3H3. The fourth-order valence-corrected chi connectivity index (χ4v) is 1.30. The van der Waals surface area contributed by atoms with E-state index in [0.717, 1.165) is 6.42 Å². The molecule has 0 bridgehead atoms. The number of hydrogen-bond acceptors (Lipinski definition) is 0. The second-order valence-electron chi connectivity index (χ2n) is 3.89. The van der Waals surface area contributed by atoms with E-state index < -0.39 is 0 Å². The van der Waals surface area contributed by atoms with Crippen molar-refractivity contribution in [3.05, 3.63) is 0 Å². The molecule has 1 radical (unpaired) electrons.